The van der Waals surface area contributed by atoms with Gasteiger partial charge in [-0.25, -0.2) is 13.2 Å². The van der Waals surface area contributed by atoms with E-state index in [2.05, 4.69) is 0 Å². The monoisotopic (exact) mass is 311 g/mol. The van der Waals surface area contributed by atoms with Crippen molar-refractivity contribution < 1.29 is 17.9 Å². The molecule has 0 N–H and O–H groups in total. The van der Waals surface area contributed by atoms with Gasteiger partial charge in [-0.1, -0.05) is 0 Å². The van der Waals surface area contributed by atoms with Crippen molar-refractivity contribution in [1.82, 2.24) is 4.90 Å². The molecule has 0 aromatic carbocycles. The number of carbonyl (C=O) groups is 1. The van der Waals surface area contributed by atoms with E-state index in [0.717, 1.165) is 12.8 Å². The fraction of sp³-hybridized carbons (Fsp3) is 0.917. The highest BCUT2D eigenvalue weighted by atomic mass is 35.7. The van der Waals surface area contributed by atoms with Gasteiger partial charge in [0.15, 0.2) is 0 Å². The van der Waals surface area contributed by atoms with E-state index in [0.29, 0.717) is 19.5 Å². The number of ether oxygens (including phenoxy) is 1. The molecule has 0 aromatic heterocycles. The van der Waals surface area contributed by atoms with E-state index in [9.17, 15) is 13.2 Å². The molecule has 0 aliphatic carbocycles. The van der Waals surface area contributed by atoms with Gasteiger partial charge in [0.05, 0.1) is 5.75 Å². The Morgan fingerprint density at radius 2 is 1.95 bits per heavy atom. The van der Waals surface area contributed by atoms with Gasteiger partial charge in [0.25, 0.3) is 0 Å². The van der Waals surface area contributed by atoms with Gasteiger partial charge in [-0.15, -0.1) is 0 Å². The topological polar surface area (TPSA) is 63.7 Å². The molecule has 1 amide bonds. The van der Waals surface area contributed by atoms with Crippen molar-refractivity contribution in [3.8, 4) is 0 Å². The molecule has 1 heterocycles. The first-order chi connectivity index (χ1) is 8.57. The van der Waals surface area contributed by atoms with Crippen LogP contribution < -0.4 is 0 Å². The van der Waals surface area contributed by atoms with Crippen LogP contribution in [0.1, 0.15) is 40.0 Å². The lowest BCUT2D eigenvalue weighted by molar-refractivity contribution is 0.0255. The number of nitrogens with zero attached hydrogens (tertiary/aromatic N) is 1. The molecule has 0 aromatic rings. The molecule has 1 aliphatic rings. The number of halogens is 1. The summed E-state index contributed by atoms with van der Waals surface area (Å²) in [6, 6.07) is 0. The van der Waals surface area contributed by atoms with E-state index in [4.69, 9.17) is 15.4 Å². The van der Waals surface area contributed by atoms with Gasteiger partial charge >= 0.3 is 6.09 Å². The summed E-state index contributed by atoms with van der Waals surface area (Å²) in [5.74, 6) is 0.00594. The van der Waals surface area contributed by atoms with Crippen LogP contribution in [0.2, 0.25) is 0 Å². The minimum atomic E-state index is -3.47. The predicted molar refractivity (Wildman–Crippen MR) is 74.8 cm³/mol. The average molecular weight is 312 g/mol. The Morgan fingerprint density at radius 1 is 1.32 bits per heavy atom. The Hall–Kier alpha value is -0.490. The molecule has 0 unspecified atom stereocenters. The third kappa shape index (κ3) is 7.01. The summed E-state index contributed by atoms with van der Waals surface area (Å²) < 4.78 is 27.5. The summed E-state index contributed by atoms with van der Waals surface area (Å²) in [5.41, 5.74) is -0.512. The molecule has 1 saturated heterocycles. The fourth-order valence-corrected chi connectivity index (χ4v) is 3.55. The molecule has 5 nitrogen and oxygen atoms in total. The molecule has 1 fully saturated rings. The molecular formula is C12H22ClNO4S. The highest BCUT2D eigenvalue weighted by molar-refractivity contribution is 8.13. The van der Waals surface area contributed by atoms with E-state index in [1.807, 2.05) is 20.8 Å². The van der Waals surface area contributed by atoms with Crippen LogP contribution in [0.5, 0.6) is 0 Å². The second kappa shape index (κ2) is 6.31. The SMILES string of the molecule is CC(C)(C)OC(=O)N1CCC[C@@H](CS(=O)(=O)Cl)CC1. The van der Waals surface area contributed by atoms with E-state index in [1.165, 1.54) is 0 Å². The van der Waals surface area contributed by atoms with Gasteiger partial charge in [0.1, 0.15) is 5.60 Å². The van der Waals surface area contributed by atoms with Gasteiger partial charge < -0.3 is 9.64 Å². The van der Waals surface area contributed by atoms with Crippen molar-refractivity contribution in [2.75, 3.05) is 18.8 Å². The molecule has 0 spiro atoms. The zero-order valence-electron chi connectivity index (χ0n) is 11.7. The lowest BCUT2D eigenvalue weighted by Crippen LogP contribution is -2.37. The first kappa shape index (κ1) is 16.6. The van der Waals surface area contributed by atoms with E-state index in [1.54, 1.807) is 4.90 Å². The van der Waals surface area contributed by atoms with Crippen LogP contribution in [-0.2, 0) is 13.8 Å². The first-order valence-electron chi connectivity index (χ1n) is 6.47. The van der Waals surface area contributed by atoms with Crippen LogP contribution in [0.3, 0.4) is 0 Å². The number of rotatable bonds is 2. The lowest BCUT2D eigenvalue weighted by atomic mass is 10.0. The van der Waals surface area contributed by atoms with Crippen LogP contribution in [0, 0.1) is 5.92 Å². The lowest BCUT2D eigenvalue weighted by Gasteiger charge is -2.26. The quantitative estimate of drug-likeness (QED) is 0.735. The summed E-state index contributed by atoms with van der Waals surface area (Å²) in [6.45, 7) is 6.60. The molecule has 1 atom stereocenters. The Balaban J connectivity index is 2.52. The van der Waals surface area contributed by atoms with Crippen molar-refractivity contribution in [2.24, 2.45) is 5.92 Å². The van der Waals surface area contributed by atoms with Gasteiger partial charge in [-0.05, 0) is 46.0 Å². The largest absolute Gasteiger partial charge is 0.444 e. The molecule has 0 bridgehead atoms. The molecule has 0 radical (unpaired) electrons. The zero-order valence-corrected chi connectivity index (χ0v) is 13.3. The maximum atomic E-state index is 11.9. The smallest absolute Gasteiger partial charge is 0.410 e. The van der Waals surface area contributed by atoms with Crippen molar-refractivity contribution in [3.05, 3.63) is 0 Å². The number of likely N-dealkylation sites (tertiary alicyclic amines) is 1. The standard InChI is InChI=1S/C12H22ClNO4S/c1-12(2,3)18-11(15)14-7-4-5-10(6-8-14)9-19(13,16)17/h10H,4-9H2,1-3H3/t10-/m1/s1. The fourth-order valence-electron chi connectivity index (χ4n) is 2.12. The van der Waals surface area contributed by atoms with E-state index >= 15 is 0 Å². The van der Waals surface area contributed by atoms with Crippen molar-refractivity contribution >= 4 is 25.8 Å². The zero-order chi connectivity index (χ0) is 14.7. The van der Waals surface area contributed by atoms with Crippen LogP contribution in [0.4, 0.5) is 4.79 Å². The van der Waals surface area contributed by atoms with E-state index in [-0.39, 0.29) is 17.8 Å². The first-order valence-corrected chi connectivity index (χ1v) is 8.95. The molecule has 0 saturated carbocycles. The average Bonchev–Trinajstić information content (AvgIpc) is 2.38. The van der Waals surface area contributed by atoms with Crippen LogP contribution in [0.25, 0.3) is 0 Å². The second-order valence-electron chi connectivity index (χ2n) is 5.97. The molecule has 1 rings (SSSR count). The molecule has 1 aliphatic heterocycles. The number of hydrogen-bond acceptors (Lipinski definition) is 4. The minimum Gasteiger partial charge on any atom is -0.444 e. The highest BCUT2D eigenvalue weighted by Gasteiger charge is 2.26. The Morgan fingerprint density at radius 3 is 2.47 bits per heavy atom. The second-order valence-corrected chi connectivity index (χ2v) is 8.79. The summed E-state index contributed by atoms with van der Waals surface area (Å²) in [4.78, 5) is 13.6. The number of hydrogen-bond donors (Lipinski definition) is 0. The van der Waals surface area contributed by atoms with Gasteiger partial charge in [-0.2, -0.15) is 0 Å². The molecule has 19 heavy (non-hydrogen) atoms. The van der Waals surface area contributed by atoms with Crippen molar-refractivity contribution in [2.45, 2.75) is 45.6 Å². The maximum absolute atomic E-state index is 11.9. The minimum absolute atomic E-state index is 0.0171. The van der Waals surface area contributed by atoms with Gasteiger partial charge in [0.2, 0.25) is 9.05 Å². The third-order valence-electron chi connectivity index (χ3n) is 2.93. The Kier molecular flexibility index (Phi) is 5.50. The normalized spacial score (nSPS) is 21.9. The summed E-state index contributed by atoms with van der Waals surface area (Å²) >= 11 is 0. The van der Waals surface area contributed by atoms with Gasteiger partial charge in [0, 0.05) is 23.8 Å². The number of amides is 1. The summed E-state index contributed by atoms with van der Waals surface area (Å²) in [5, 5.41) is 0. The van der Waals surface area contributed by atoms with Crippen LogP contribution in [-0.4, -0.2) is 43.9 Å². The van der Waals surface area contributed by atoms with Crippen LogP contribution >= 0.6 is 10.7 Å². The van der Waals surface area contributed by atoms with Crippen molar-refractivity contribution in [1.29, 1.82) is 0 Å². The molecule has 112 valence electrons. The molecular weight excluding hydrogens is 290 g/mol. The Bertz CT molecular complexity index is 416. The summed E-state index contributed by atoms with van der Waals surface area (Å²) in [7, 11) is 1.80. The number of carbonyl (C=O) groups excluding carboxylic acids is 1. The Labute approximate surface area is 119 Å². The van der Waals surface area contributed by atoms with Gasteiger partial charge in [-0.3, -0.25) is 0 Å². The van der Waals surface area contributed by atoms with Crippen molar-refractivity contribution in [3.63, 3.8) is 0 Å². The third-order valence-corrected chi connectivity index (χ3v) is 4.18. The maximum Gasteiger partial charge on any atom is 0.410 e. The van der Waals surface area contributed by atoms with E-state index < -0.39 is 14.7 Å². The molecule has 7 heteroatoms. The summed E-state index contributed by atoms with van der Waals surface area (Å²) in [6.07, 6.45) is 1.86. The van der Waals surface area contributed by atoms with Crippen LogP contribution in [0.15, 0.2) is 0 Å². The predicted octanol–water partition coefficient (Wildman–Crippen LogP) is 2.59. The highest BCUT2D eigenvalue weighted by Crippen LogP contribution is 2.22.